The van der Waals surface area contributed by atoms with E-state index in [0.29, 0.717) is 17.9 Å². The second-order valence-electron chi connectivity index (χ2n) is 6.89. The Morgan fingerprint density at radius 1 is 1.35 bits per heavy atom. The van der Waals surface area contributed by atoms with Crippen LogP contribution in [0.25, 0.3) is 11.0 Å². The van der Waals surface area contributed by atoms with Crippen LogP contribution in [0.1, 0.15) is 43.3 Å². The molecule has 1 aromatic carbocycles. The number of quaternary nitrogens is 1. The number of ether oxygens (including phenoxy) is 1. The van der Waals surface area contributed by atoms with Crippen LogP contribution in [0.15, 0.2) is 22.6 Å². The highest BCUT2D eigenvalue weighted by atomic mass is 16.5. The first-order chi connectivity index (χ1) is 10.8. The maximum absolute atomic E-state index is 12.3. The molecule has 126 valence electrons. The summed E-state index contributed by atoms with van der Waals surface area (Å²) in [6.45, 7) is 10.1. The summed E-state index contributed by atoms with van der Waals surface area (Å²) >= 11 is 0. The van der Waals surface area contributed by atoms with Crippen molar-refractivity contribution in [2.45, 2.75) is 39.7 Å². The molecule has 0 saturated heterocycles. The van der Waals surface area contributed by atoms with E-state index in [1.165, 1.54) is 0 Å². The van der Waals surface area contributed by atoms with Crippen LogP contribution in [0.2, 0.25) is 0 Å². The van der Waals surface area contributed by atoms with E-state index < -0.39 is 0 Å². The first-order valence-electron chi connectivity index (χ1n) is 8.01. The lowest BCUT2D eigenvalue weighted by Crippen LogP contribution is -2.94. The second kappa shape index (κ2) is 7.04. The van der Waals surface area contributed by atoms with Gasteiger partial charge in [-0.15, -0.1) is 0 Å². The number of nitrogens with two attached hydrogens (primary N) is 1. The van der Waals surface area contributed by atoms with Crippen LogP contribution in [0.4, 0.5) is 0 Å². The molecule has 0 fully saturated rings. The number of furan rings is 1. The van der Waals surface area contributed by atoms with Gasteiger partial charge in [-0.2, -0.15) is 0 Å². The Bertz CT molecular complexity index is 683. The van der Waals surface area contributed by atoms with E-state index in [0.717, 1.165) is 29.7 Å². The zero-order valence-electron chi connectivity index (χ0n) is 14.7. The fraction of sp³-hybridized carbons (Fsp3) is 0.500. The number of rotatable bonds is 6. The molecule has 5 heteroatoms. The van der Waals surface area contributed by atoms with E-state index in [1.807, 2.05) is 25.1 Å². The van der Waals surface area contributed by atoms with Gasteiger partial charge >= 0.3 is 0 Å². The highest BCUT2D eigenvalue weighted by Gasteiger charge is 2.18. The number of methoxy groups -OCH3 is 1. The molecule has 2 rings (SSSR count). The minimum atomic E-state index is -0.159. The van der Waals surface area contributed by atoms with E-state index in [2.05, 4.69) is 31.4 Å². The Kier molecular flexibility index (Phi) is 5.31. The second-order valence-corrected chi connectivity index (χ2v) is 6.89. The van der Waals surface area contributed by atoms with Gasteiger partial charge in [0.05, 0.1) is 19.2 Å². The quantitative estimate of drug-likeness (QED) is 0.802. The van der Waals surface area contributed by atoms with Gasteiger partial charge in [-0.05, 0) is 45.9 Å². The number of hydrogen-bond donors (Lipinski definition) is 2. The lowest BCUT2D eigenvalue weighted by atomic mass is 10.1. The first kappa shape index (κ1) is 17.3. The fourth-order valence-corrected chi connectivity index (χ4v) is 2.46. The maximum atomic E-state index is 12.3. The highest BCUT2D eigenvalue weighted by Crippen LogP contribution is 2.28. The summed E-state index contributed by atoms with van der Waals surface area (Å²) in [5.74, 6) is 0.979. The van der Waals surface area contributed by atoms with Gasteiger partial charge in [0.15, 0.2) is 5.76 Å². The molecule has 0 spiro atoms. The number of carbonyl (C=O) groups excluding carboxylic acids is 1. The molecule has 1 amide bonds. The number of benzene rings is 1. The molecule has 5 nitrogen and oxygen atoms in total. The van der Waals surface area contributed by atoms with Crippen molar-refractivity contribution < 1.29 is 19.3 Å². The molecule has 0 bridgehead atoms. The summed E-state index contributed by atoms with van der Waals surface area (Å²) in [4.78, 5) is 12.3. The Morgan fingerprint density at radius 2 is 2.09 bits per heavy atom. The number of amides is 1. The van der Waals surface area contributed by atoms with Gasteiger partial charge in [-0.25, -0.2) is 0 Å². The topological polar surface area (TPSA) is 68.1 Å². The molecule has 0 aliphatic carbocycles. The lowest BCUT2D eigenvalue weighted by Gasteiger charge is -2.16. The SMILES string of the molecule is COc1ccc2oc(C(=O)NCCC[NH2+]C(C)(C)C)c(C)c2c1. The molecule has 0 unspecified atom stereocenters. The van der Waals surface area contributed by atoms with Gasteiger partial charge in [-0.3, -0.25) is 4.79 Å². The number of fused-ring (bicyclic) bond motifs is 1. The molecule has 0 atom stereocenters. The van der Waals surface area contributed by atoms with Crippen molar-refractivity contribution in [1.82, 2.24) is 5.32 Å². The molecule has 3 N–H and O–H groups in total. The predicted molar refractivity (Wildman–Crippen MR) is 91.0 cm³/mol. The standard InChI is InChI=1S/C18H26N2O3/c1-12-14-11-13(22-5)7-8-15(14)23-16(12)17(21)19-9-6-10-20-18(2,3)4/h7-8,11,20H,6,9-10H2,1-5H3,(H,19,21)/p+1. The lowest BCUT2D eigenvalue weighted by molar-refractivity contribution is -0.717. The van der Waals surface area contributed by atoms with Gasteiger partial charge < -0.3 is 19.8 Å². The highest BCUT2D eigenvalue weighted by molar-refractivity contribution is 5.99. The molecule has 1 heterocycles. The summed E-state index contributed by atoms with van der Waals surface area (Å²) in [5, 5.41) is 6.12. The molecule has 0 aliphatic rings. The van der Waals surface area contributed by atoms with E-state index in [-0.39, 0.29) is 11.4 Å². The Hall–Kier alpha value is -2.01. The maximum Gasteiger partial charge on any atom is 0.287 e. The summed E-state index contributed by atoms with van der Waals surface area (Å²) in [6.07, 6.45) is 0.927. The number of carbonyl (C=O) groups is 1. The monoisotopic (exact) mass is 319 g/mol. The third kappa shape index (κ3) is 4.48. The van der Waals surface area contributed by atoms with Crippen LogP contribution in [-0.4, -0.2) is 31.6 Å². The van der Waals surface area contributed by atoms with E-state index >= 15 is 0 Å². The Balaban J connectivity index is 1.97. The summed E-state index contributed by atoms with van der Waals surface area (Å²) in [7, 11) is 1.62. The van der Waals surface area contributed by atoms with Crippen LogP contribution >= 0.6 is 0 Å². The van der Waals surface area contributed by atoms with Crippen molar-refractivity contribution in [2.75, 3.05) is 20.2 Å². The van der Waals surface area contributed by atoms with Crippen LogP contribution in [-0.2, 0) is 0 Å². The minimum Gasteiger partial charge on any atom is -0.497 e. The van der Waals surface area contributed by atoms with Crippen molar-refractivity contribution in [1.29, 1.82) is 0 Å². The molecule has 23 heavy (non-hydrogen) atoms. The summed E-state index contributed by atoms with van der Waals surface area (Å²) in [6, 6.07) is 5.55. The van der Waals surface area contributed by atoms with Crippen molar-refractivity contribution in [3.05, 3.63) is 29.5 Å². The largest absolute Gasteiger partial charge is 0.497 e. The molecule has 1 aromatic heterocycles. The van der Waals surface area contributed by atoms with Crippen LogP contribution in [0, 0.1) is 6.92 Å². The van der Waals surface area contributed by atoms with Crippen molar-refractivity contribution >= 4 is 16.9 Å². The van der Waals surface area contributed by atoms with Crippen LogP contribution < -0.4 is 15.4 Å². The van der Waals surface area contributed by atoms with Gasteiger partial charge in [0.1, 0.15) is 11.3 Å². The molecule has 0 radical (unpaired) electrons. The average Bonchev–Trinajstić information content (AvgIpc) is 2.82. The molecule has 0 aliphatic heterocycles. The van der Waals surface area contributed by atoms with E-state index in [4.69, 9.17) is 9.15 Å². The molecular formula is C18H27N2O3+. The Morgan fingerprint density at radius 3 is 2.74 bits per heavy atom. The van der Waals surface area contributed by atoms with Crippen molar-refractivity contribution in [3.63, 3.8) is 0 Å². The molecule has 2 aromatic rings. The number of aryl methyl sites for hydroxylation is 1. The molecular weight excluding hydrogens is 292 g/mol. The number of nitrogens with one attached hydrogen (secondary N) is 1. The van der Waals surface area contributed by atoms with Gasteiger partial charge in [0.2, 0.25) is 0 Å². The van der Waals surface area contributed by atoms with E-state index in [9.17, 15) is 4.79 Å². The predicted octanol–water partition coefficient (Wildman–Crippen LogP) is 2.23. The normalized spacial score (nSPS) is 11.7. The van der Waals surface area contributed by atoms with Crippen LogP contribution in [0.3, 0.4) is 0 Å². The van der Waals surface area contributed by atoms with Gasteiger partial charge in [0.25, 0.3) is 5.91 Å². The zero-order chi connectivity index (χ0) is 17.0. The van der Waals surface area contributed by atoms with Gasteiger partial charge in [-0.1, -0.05) is 0 Å². The third-order valence-corrected chi connectivity index (χ3v) is 3.77. The summed E-state index contributed by atoms with van der Waals surface area (Å²) in [5.41, 5.74) is 1.77. The fourth-order valence-electron chi connectivity index (χ4n) is 2.46. The third-order valence-electron chi connectivity index (χ3n) is 3.77. The first-order valence-corrected chi connectivity index (χ1v) is 8.01. The van der Waals surface area contributed by atoms with Crippen LogP contribution in [0.5, 0.6) is 5.75 Å². The van der Waals surface area contributed by atoms with E-state index in [1.54, 1.807) is 7.11 Å². The zero-order valence-corrected chi connectivity index (χ0v) is 14.7. The minimum absolute atomic E-state index is 0.159. The average molecular weight is 319 g/mol. The molecule has 0 saturated carbocycles. The smallest absolute Gasteiger partial charge is 0.287 e. The number of hydrogen-bond acceptors (Lipinski definition) is 3. The van der Waals surface area contributed by atoms with Crippen molar-refractivity contribution in [3.8, 4) is 5.75 Å². The Labute approximate surface area is 137 Å². The van der Waals surface area contributed by atoms with Crippen molar-refractivity contribution in [2.24, 2.45) is 0 Å². The van der Waals surface area contributed by atoms with Gasteiger partial charge in [0, 0.05) is 23.9 Å². The summed E-state index contributed by atoms with van der Waals surface area (Å²) < 4.78 is 10.9.